The topological polar surface area (TPSA) is 77.0 Å². The third-order valence-corrected chi connectivity index (χ3v) is 3.71. The molecule has 6 heteroatoms. The molecule has 0 aliphatic carbocycles. The molecule has 2 heterocycles. The number of para-hydroxylation sites is 1. The molecule has 110 valence electrons. The molecule has 6 nitrogen and oxygen atoms in total. The van der Waals surface area contributed by atoms with E-state index in [0.29, 0.717) is 6.54 Å². The van der Waals surface area contributed by atoms with Crippen LogP contribution >= 0.6 is 0 Å². The summed E-state index contributed by atoms with van der Waals surface area (Å²) in [6.45, 7) is 1.79. The number of aromatic nitrogens is 3. The van der Waals surface area contributed by atoms with E-state index < -0.39 is 5.91 Å². The largest absolute Gasteiger partial charge is 0.368 e. The summed E-state index contributed by atoms with van der Waals surface area (Å²) in [6.07, 6.45) is 5.30. The number of amides is 1. The molecule has 2 aromatic rings. The molecule has 0 saturated carbocycles. The number of anilines is 1. The Hall–Kier alpha value is -2.37. The molecule has 0 atom stereocenters. The lowest BCUT2D eigenvalue weighted by Crippen LogP contribution is -2.23. The van der Waals surface area contributed by atoms with E-state index >= 15 is 0 Å². The van der Waals surface area contributed by atoms with Crippen LogP contribution in [0.25, 0.3) is 0 Å². The van der Waals surface area contributed by atoms with Crippen molar-refractivity contribution in [2.45, 2.75) is 32.4 Å². The molecule has 0 fully saturated rings. The van der Waals surface area contributed by atoms with E-state index in [9.17, 15) is 4.79 Å². The van der Waals surface area contributed by atoms with Crippen molar-refractivity contribution in [3.05, 3.63) is 41.7 Å². The van der Waals surface area contributed by atoms with Crippen molar-refractivity contribution >= 4 is 11.6 Å². The molecule has 0 saturated heterocycles. The highest BCUT2D eigenvalue weighted by Gasteiger charge is 2.16. The van der Waals surface area contributed by atoms with Crippen LogP contribution in [0, 0.1) is 0 Å². The summed E-state index contributed by atoms with van der Waals surface area (Å²) in [5, 5.41) is 8.07. The van der Waals surface area contributed by atoms with Crippen LogP contribution in [-0.4, -0.2) is 27.4 Å². The second-order valence-corrected chi connectivity index (χ2v) is 5.38. The minimum atomic E-state index is -0.411. The van der Waals surface area contributed by atoms with Crippen LogP contribution in [0.4, 0.5) is 5.69 Å². The Morgan fingerprint density at radius 3 is 3.00 bits per heavy atom. The molecule has 0 radical (unpaired) electrons. The Morgan fingerprint density at radius 2 is 2.14 bits per heavy atom. The van der Waals surface area contributed by atoms with Crippen LogP contribution < -0.4 is 10.6 Å². The van der Waals surface area contributed by atoms with Crippen LogP contribution in [0.5, 0.6) is 0 Å². The molecule has 3 rings (SSSR count). The van der Waals surface area contributed by atoms with E-state index in [4.69, 9.17) is 5.73 Å². The van der Waals surface area contributed by atoms with E-state index in [-0.39, 0.29) is 6.54 Å². The van der Waals surface area contributed by atoms with E-state index in [1.165, 1.54) is 28.8 Å². The molecule has 1 aliphatic heterocycles. The maximum atomic E-state index is 10.9. The first-order valence-corrected chi connectivity index (χ1v) is 7.22. The van der Waals surface area contributed by atoms with Crippen LogP contribution in [-0.2, 0) is 24.3 Å². The van der Waals surface area contributed by atoms with Crippen LogP contribution in [0.15, 0.2) is 30.5 Å². The zero-order valence-corrected chi connectivity index (χ0v) is 11.9. The number of primary amides is 1. The average molecular weight is 285 g/mol. The Morgan fingerprint density at radius 1 is 1.29 bits per heavy atom. The summed E-state index contributed by atoms with van der Waals surface area (Å²) in [5.41, 5.74) is 8.68. The van der Waals surface area contributed by atoms with Crippen molar-refractivity contribution in [3.63, 3.8) is 0 Å². The summed E-state index contributed by atoms with van der Waals surface area (Å²) >= 11 is 0. The zero-order chi connectivity index (χ0) is 14.7. The van der Waals surface area contributed by atoms with E-state index in [1.54, 1.807) is 6.20 Å². The molecular formula is C15H19N5O. The van der Waals surface area contributed by atoms with Crippen molar-refractivity contribution < 1.29 is 4.79 Å². The van der Waals surface area contributed by atoms with Crippen LogP contribution in [0.3, 0.4) is 0 Å². The number of carbonyl (C=O) groups is 1. The molecule has 0 bridgehead atoms. The van der Waals surface area contributed by atoms with Gasteiger partial charge in [-0.3, -0.25) is 4.79 Å². The average Bonchev–Trinajstić information content (AvgIpc) is 2.78. The predicted molar refractivity (Wildman–Crippen MR) is 79.6 cm³/mol. The fourth-order valence-corrected chi connectivity index (χ4v) is 2.78. The highest BCUT2D eigenvalue weighted by molar-refractivity contribution is 5.73. The minimum Gasteiger partial charge on any atom is -0.368 e. The molecule has 1 aliphatic rings. The SMILES string of the molecule is NC(=O)Cn1cc(CN2CCCCc3ccccc32)nn1. The molecule has 1 aromatic carbocycles. The Kier molecular flexibility index (Phi) is 3.85. The molecule has 0 spiro atoms. The van der Waals surface area contributed by atoms with Crippen molar-refractivity contribution in [2.24, 2.45) is 5.73 Å². The summed E-state index contributed by atoms with van der Waals surface area (Å²) in [4.78, 5) is 13.2. The Labute approximate surface area is 123 Å². The standard InChI is InChI=1S/C15H19N5O/c16-15(21)11-20-10-13(17-18-20)9-19-8-4-3-6-12-5-1-2-7-14(12)19/h1-2,5,7,10H,3-4,6,8-9,11H2,(H2,16,21). The number of nitrogens with zero attached hydrogens (tertiary/aromatic N) is 4. The molecule has 2 N–H and O–H groups in total. The third kappa shape index (κ3) is 3.21. The van der Waals surface area contributed by atoms with Gasteiger partial charge in [-0.15, -0.1) is 5.10 Å². The maximum Gasteiger partial charge on any atom is 0.239 e. The fourth-order valence-electron chi connectivity index (χ4n) is 2.78. The van der Waals surface area contributed by atoms with Crippen molar-refractivity contribution in [2.75, 3.05) is 11.4 Å². The summed E-state index contributed by atoms with van der Waals surface area (Å²) < 4.78 is 1.49. The lowest BCUT2D eigenvalue weighted by molar-refractivity contribution is -0.118. The van der Waals surface area contributed by atoms with Crippen molar-refractivity contribution in [1.82, 2.24) is 15.0 Å². The van der Waals surface area contributed by atoms with Gasteiger partial charge in [-0.25, -0.2) is 4.68 Å². The van der Waals surface area contributed by atoms with E-state index in [2.05, 4.69) is 39.5 Å². The molecule has 1 aromatic heterocycles. The number of benzene rings is 1. The van der Waals surface area contributed by atoms with Gasteiger partial charge in [0, 0.05) is 12.2 Å². The van der Waals surface area contributed by atoms with E-state index in [0.717, 1.165) is 18.7 Å². The second kappa shape index (κ2) is 5.95. The monoisotopic (exact) mass is 285 g/mol. The highest BCUT2D eigenvalue weighted by Crippen LogP contribution is 2.27. The summed E-state index contributed by atoms with van der Waals surface area (Å²) in [6, 6.07) is 8.51. The Bertz CT molecular complexity index is 636. The van der Waals surface area contributed by atoms with Gasteiger partial charge < -0.3 is 10.6 Å². The molecular weight excluding hydrogens is 266 g/mol. The van der Waals surface area contributed by atoms with Gasteiger partial charge in [0.25, 0.3) is 0 Å². The summed E-state index contributed by atoms with van der Waals surface area (Å²) in [7, 11) is 0. The minimum absolute atomic E-state index is 0.0730. The number of rotatable bonds is 4. The van der Waals surface area contributed by atoms with Gasteiger partial charge in [-0.1, -0.05) is 23.4 Å². The quantitative estimate of drug-likeness (QED) is 0.912. The number of fused-ring (bicyclic) bond motifs is 1. The van der Waals surface area contributed by atoms with Gasteiger partial charge in [-0.2, -0.15) is 0 Å². The number of hydrogen-bond acceptors (Lipinski definition) is 4. The van der Waals surface area contributed by atoms with Gasteiger partial charge in [0.2, 0.25) is 5.91 Å². The first-order valence-electron chi connectivity index (χ1n) is 7.22. The van der Waals surface area contributed by atoms with Gasteiger partial charge >= 0.3 is 0 Å². The number of carbonyl (C=O) groups excluding carboxylic acids is 1. The smallest absolute Gasteiger partial charge is 0.239 e. The van der Waals surface area contributed by atoms with Gasteiger partial charge in [-0.05, 0) is 30.9 Å². The fraction of sp³-hybridized carbons (Fsp3) is 0.400. The highest BCUT2D eigenvalue weighted by atomic mass is 16.1. The summed E-state index contributed by atoms with van der Waals surface area (Å²) in [5.74, 6) is -0.411. The van der Waals surface area contributed by atoms with Crippen molar-refractivity contribution in [3.8, 4) is 0 Å². The normalized spacial score (nSPS) is 14.6. The van der Waals surface area contributed by atoms with Crippen LogP contribution in [0.1, 0.15) is 24.1 Å². The number of aryl methyl sites for hydroxylation is 1. The molecule has 0 unspecified atom stereocenters. The second-order valence-electron chi connectivity index (χ2n) is 5.38. The van der Waals surface area contributed by atoms with Crippen LogP contribution in [0.2, 0.25) is 0 Å². The number of nitrogens with two attached hydrogens (primary N) is 1. The Balaban J connectivity index is 1.78. The third-order valence-electron chi connectivity index (χ3n) is 3.71. The molecule has 1 amide bonds. The first kappa shape index (κ1) is 13.6. The predicted octanol–water partition coefficient (Wildman–Crippen LogP) is 1.11. The number of hydrogen-bond donors (Lipinski definition) is 1. The van der Waals surface area contributed by atoms with Gasteiger partial charge in [0.15, 0.2) is 0 Å². The zero-order valence-electron chi connectivity index (χ0n) is 11.9. The maximum absolute atomic E-state index is 10.9. The lowest BCUT2D eigenvalue weighted by Gasteiger charge is -2.23. The molecule has 21 heavy (non-hydrogen) atoms. The van der Waals surface area contributed by atoms with Gasteiger partial charge in [0.05, 0.1) is 12.7 Å². The van der Waals surface area contributed by atoms with E-state index in [1.807, 2.05) is 0 Å². The van der Waals surface area contributed by atoms with Gasteiger partial charge in [0.1, 0.15) is 12.2 Å². The van der Waals surface area contributed by atoms with Crippen molar-refractivity contribution in [1.29, 1.82) is 0 Å². The lowest BCUT2D eigenvalue weighted by atomic mass is 10.1. The first-order chi connectivity index (χ1) is 10.2.